The molecular weight excluding hydrogens is 292 g/mol. The number of halogens is 1. The summed E-state index contributed by atoms with van der Waals surface area (Å²) in [5, 5.41) is 1.01. The highest BCUT2D eigenvalue weighted by molar-refractivity contribution is 9.10. The Balaban J connectivity index is 2.32. The van der Waals surface area contributed by atoms with Crippen LogP contribution in [0.3, 0.4) is 0 Å². The van der Waals surface area contributed by atoms with E-state index >= 15 is 0 Å². The number of furan rings is 1. The Labute approximate surface area is 112 Å². The van der Waals surface area contributed by atoms with Crippen molar-refractivity contribution in [2.45, 2.75) is 0 Å². The van der Waals surface area contributed by atoms with Gasteiger partial charge in [0.1, 0.15) is 11.3 Å². The number of benzene rings is 2. The van der Waals surface area contributed by atoms with E-state index in [9.17, 15) is 4.79 Å². The Bertz CT molecular complexity index is 728. The van der Waals surface area contributed by atoms with E-state index in [4.69, 9.17) is 4.42 Å². The average Bonchev–Trinajstić information content (AvgIpc) is 2.76. The summed E-state index contributed by atoms with van der Waals surface area (Å²) in [6.07, 6.45) is 0.842. The van der Waals surface area contributed by atoms with E-state index in [1.54, 1.807) is 6.07 Å². The maximum absolute atomic E-state index is 11.1. The number of para-hydroxylation sites is 1. The molecule has 1 heterocycles. The van der Waals surface area contributed by atoms with Crippen LogP contribution in [0.2, 0.25) is 0 Å². The van der Waals surface area contributed by atoms with Crippen molar-refractivity contribution in [3.05, 3.63) is 58.6 Å². The lowest BCUT2D eigenvalue weighted by molar-refractivity contribution is 0.112. The molecule has 0 saturated heterocycles. The lowest BCUT2D eigenvalue weighted by Crippen LogP contribution is -1.85. The van der Waals surface area contributed by atoms with Crippen LogP contribution in [0.1, 0.15) is 10.4 Å². The highest BCUT2D eigenvalue weighted by Gasteiger charge is 2.15. The maximum Gasteiger partial charge on any atom is 0.150 e. The van der Waals surface area contributed by atoms with E-state index in [1.165, 1.54) is 0 Å². The average molecular weight is 301 g/mol. The summed E-state index contributed by atoms with van der Waals surface area (Å²) < 4.78 is 6.70. The molecule has 0 aliphatic rings. The van der Waals surface area contributed by atoms with Gasteiger partial charge in [0.25, 0.3) is 0 Å². The fourth-order valence-electron chi connectivity index (χ4n) is 1.99. The first-order valence-electron chi connectivity index (χ1n) is 5.53. The predicted octanol–water partition coefficient (Wildman–Crippen LogP) is 4.67. The molecule has 0 unspecified atom stereocenters. The first-order chi connectivity index (χ1) is 8.81. The van der Waals surface area contributed by atoms with E-state index in [2.05, 4.69) is 15.9 Å². The molecule has 0 saturated carbocycles. The van der Waals surface area contributed by atoms with Gasteiger partial charge in [0.2, 0.25) is 0 Å². The summed E-state index contributed by atoms with van der Waals surface area (Å²) in [6.45, 7) is 0. The molecule has 2 nitrogen and oxygen atoms in total. The summed E-state index contributed by atoms with van der Waals surface area (Å²) in [5.41, 5.74) is 2.23. The highest BCUT2D eigenvalue weighted by atomic mass is 79.9. The fraction of sp³-hybridized carbons (Fsp3) is 0. The monoisotopic (exact) mass is 300 g/mol. The Kier molecular flexibility index (Phi) is 2.76. The molecule has 0 spiro atoms. The van der Waals surface area contributed by atoms with Gasteiger partial charge < -0.3 is 4.42 Å². The molecule has 3 rings (SSSR count). The van der Waals surface area contributed by atoms with Gasteiger partial charge in [-0.2, -0.15) is 0 Å². The summed E-state index contributed by atoms with van der Waals surface area (Å²) >= 11 is 3.54. The van der Waals surface area contributed by atoms with E-state index in [1.807, 2.05) is 42.5 Å². The Morgan fingerprint density at radius 3 is 2.50 bits per heavy atom. The molecule has 0 bridgehead atoms. The number of rotatable bonds is 2. The molecule has 0 fully saturated rings. The lowest BCUT2D eigenvalue weighted by atomic mass is 10.1. The van der Waals surface area contributed by atoms with Crippen molar-refractivity contribution in [1.29, 1.82) is 0 Å². The van der Waals surface area contributed by atoms with Crippen LogP contribution in [-0.4, -0.2) is 6.29 Å². The van der Waals surface area contributed by atoms with E-state index < -0.39 is 0 Å². The molecule has 88 valence electrons. The van der Waals surface area contributed by atoms with Crippen molar-refractivity contribution in [1.82, 2.24) is 0 Å². The summed E-state index contributed by atoms with van der Waals surface area (Å²) in [4.78, 5) is 11.1. The predicted molar refractivity (Wildman–Crippen MR) is 74.7 cm³/mol. The number of hydrogen-bond donors (Lipinski definition) is 0. The maximum atomic E-state index is 11.1. The van der Waals surface area contributed by atoms with Crippen molar-refractivity contribution in [3.63, 3.8) is 0 Å². The molecule has 3 heteroatoms. The van der Waals surface area contributed by atoms with Crippen molar-refractivity contribution in [3.8, 4) is 11.3 Å². The largest absolute Gasteiger partial charge is 0.455 e. The lowest BCUT2D eigenvalue weighted by Gasteiger charge is -2.01. The molecule has 0 aliphatic carbocycles. The van der Waals surface area contributed by atoms with Gasteiger partial charge in [-0.15, -0.1) is 0 Å². The second-order valence-corrected chi connectivity index (χ2v) is 4.74. The molecule has 1 aromatic heterocycles. The number of fused-ring (bicyclic) bond motifs is 1. The van der Waals surface area contributed by atoms with E-state index in [-0.39, 0.29) is 0 Å². The second-order valence-electron chi connectivity index (χ2n) is 3.95. The number of hydrogen-bond acceptors (Lipinski definition) is 2. The topological polar surface area (TPSA) is 30.2 Å². The minimum Gasteiger partial charge on any atom is -0.455 e. The fourth-order valence-corrected chi connectivity index (χ4v) is 2.62. The third kappa shape index (κ3) is 1.68. The molecule has 0 radical (unpaired) electrons. The minimum absolute atomic E-state index is 0.622. The van der Waals surface area contributed by atoms with Crippen LogP contribution < -0.4 is 0 Å². The third-order valence-electron chi connectivity index (χ3n) is 2.87. The molecule has 2 aromatic carbocycles. The van der Waals surface area contributed by atoms with Crippen LogP contribution >= 0.6 is 15.9 Å². The van der Waals surface area contributed by atoms with Crippen molar-refractivity contribution in [2.24, 2.45) is 0 Å². The molecule has 3 aromatic rings. The standard InChI is InChI=1S/C15H9BrO2/c16-14-12-7-3-4-8-13(12)18-15(14)11-6-2-1-5-10(11)9-17/h1-9H. The van der Waals surface area contributed by atoms with Crippen LogP contribution in [0, 0.1) is 0 Å². The quantitative estimate of drug-likeness (QED) is 0.644. The van der Waals surface area contributed by atoms with Crippen molar-refractivity contribution < 1.29 is 9.21 Å². The van der Waals surface area contributed by atoms with E-state index in [0.29, 0.717) is 11.3 Å². The van der Waals surface area contributed by atoms with Gasteiger partial charge in [0.05, 0.1) is 4.47 Å². The normalized spacial score (nSPS) is 10.7. The van der Waals surface area contributed by atoms with Gasteiger partial charge in [-0.05, 0) is 28.1 Å². The summed E-state index contributed by atoms with van der Waals surface area (Å²) in [6, 6.07) is 15.2. The third-order valence-corrected chi connectivity index (χ3v) is 3.65. The first-order valence-corrected chi connectivity index (χ1v) is 6.32. The number of carbonyl (C=O) groups excluding carboxylic acids is 1. The first kappa shape index (κ1) is 11.2. The zero-order valence-corrected chi connectivity index (χ0v) is 11.0. The zero-order valence-electron chi connectivity index (χ0n) is 9.39. The smallest absolute Gasteiger partial charge is 0.150 e. The van der Waals surface area contributed by atoms with Crippen LogP contribution in [0.5, 0.6) is 0 Å². The Morgan fingerprint density at radius 1 is 1.00 bits per heavy atom. The molecule has 0 atom stereocenters. The van der Waals surface area contributed by atoms with Crippen LogP contribution in [0.4, 0.5) is 0 Å². The van der Waals surface area contributed by atoms with Gasteiger partial charge in [-0.1, -0.05) is 36.4 Å². The highest BCUT2D eigenvalue weighted by Crippen LogP contribution is 2.38. The SMILES string of the molecule is O=Cc1ccccc1-c1oc2ccccc2c1Br. The number of carbonyl (C=O) groups is 1. The zero-order chi connectivity index (χ0) is 12.5. The molecule has 0 amide bonds. The van der Waals surface area contributed by atoms with Crippen LogP contribution in [0.25, 0.3) is 22.3 Å². The summed E-state index contributed by atoms with van der Waals surface area (Å²) in [5.74, 6) is 0.693. The van der Waals surface area contributed by atoms with Gasteiger partial charge in [0, 0.05) is 16.5 Å². The molecule has 0 aliphatic heterocycles. The van der Waals surface area contributed by atoms with Crippen molar-refractivity contribution in [2.75, 3.05) is 0 Å². The van der Waals surface area contributed by atoms with E-state index in [0.717, 1.165) is 27.3 Å². The van der Waals surface area contributed by atoms with Crippen LogP contribution in [0.15, 0.2) is 57.4 Å². The Morgan fingerprint density at radius 2 is 1.72 bits per heavy atom. The van der Waals surface area contributed by atoms with Gasteiger partial charge in [0.15, 0.2) is 6.29 Å². The van der Waals surface area contributed by atoms with Crippen molar-refractivity contribution >= 4 is 33.2 Å². The van der Waals surface area contributed by atoms with Gasteiger partial charge in [-0.3, -0.25) is 4.79 Å². The molecule has 18 heavy (non-hydrogen) atoms. The Hall–Kier alpha value is -1.87. The second kappa shape index (κ2) is 4.42. The minimum atomic E-state index is 0.622. The molecule has 0 N–H and O–H groups in total. The van der Waals surface area contributed by atoms with Crippen LogP contribution in [-0.2, 0) is 0 Å². The van der Waals surface area contributed by atoms with Gasteiger partial charge >= 0.3 is 0 Å². The number of aldehydes is 1. The summed E-state index contributed by atoms with van der Waals surface area (Å²) in [7, 11) is 0. The molecular formula is C15H9BrO2. The van der Waals surface area contributed by atoms with Gasteiger partial charge in [-0.25, -0.2) is 0 Å².